The minimum absolute atomic E-state index is 0.177. The molecule has 0 aliphatic carbocycles. The van der Waals surface area contributed by atoms with Crippen molar-refractivity contribution in [2.45, 2.75) is 50.6 Å². The Labute approximate surface area is 153 Å². The van der Waals surface area contributed by atoms with E-state index in [4.69, 9.17) is 0 Å². The highest BCUT2D eigenvalue weighted by molar-refractivity contribution is 7.99. The molecule has 0 bridgehead atoms. The van der Waals surface area contributed by atoms with Gasteiger partial charge in [-0.1, -0.05) is 50.6 Å². The lowest BCUT2D eigenvalue weighted by molar-refractivity contribution is -0.128. The number of likely N-dealkylation sites (tertiary alicyclic amines) is 1. The van der Waals surface area contributed by atoms with Gasteiger partial charge in [-0.25, -0.2) is 0 Å². The lowest BCUT2D eigenvalue weighted by Crippen LogP contribution is -2.33. The van der Waals surface area contributed by atoms with Crippen molar-refractivity contribution in [3.05, 3.63) is 29.8 Å². The van der Waals surface area contributed by atoms with Crippen LogP contribution in [-0.4, -0.2) is 49.9 Å². The zero-order valence-electron chi connectivity index (χ0n) is 14.9. The molecule has 2 aromatic rings. The van der Waals surface area contributed by atoms with Crippen LogP contribution in [0.2, 0.25) is 0 Å². The van der Waals surface area contributed by atoms with Crippen molar-refractivity contribution < 1.29 is 4.79 Å². The predicted molar refractivity (Wildman–Crippen MR) is 99.0 cm³/mol. The van der Waals surface area contributed by atoms with Gasteiger partial charge in [-0.2, -0.15) is 4.68 Å². The van der Waals surface area contributed by atoms with Gasteiger partial charge in [-0.3, -0.25) is 4.79 Å². The molecular formula is C18H25N5OS. The first-order valence-corrected chi connectivity index (χ1v) is 9.93. The zero-order chi connectivity index (χ0) is 17.6. The summed E-state index contributed by atoms with van der Waals surface area (Å²) in [5, 5.41) is 12.6. The van der Waals surface area contributed by atoms with E-state index in [1.54, 1.807) is 4.68 Å². The molecule has 1 aromatic carbocycles. The monoisotopic (exact) mass is 359 g/mol. The third-order valence-electron chi connectivity index (χ3n) is 4.53. The van der Waals surface area contributed by atoms with Crippen LogP contribution in [0.4, 0.5) is 0 Å². The highest BCUT2D eigenvalue weighted by atomic mass is 32.2. The highest BCUT2D eigenvalue weighted by Crippen LogP contribution is 2.21. The van der Waals surface area contributed by atoms with Crippen molar-refractivity contribution in [2.75, 3.05) is 18.8 Å². The molecule has 3 rings (SSSR count). The molecular weight excluding hydrogens is 334 g/mol. The van der Waals surface area contributed by atoms with Crippen LogP contribution in [0.5, 0.6) is 0 Å². The Morgan fingerprint density at radius 3 is 2.44 bits per heavy atom. The van der Waals surface area contributed by atoms with Gasteiger partial charge in [0.1, 0.15) is 0 Å². The van der Waals surface area contributed by atoms with Gasteiger partial charge in [0, 0.05) is 13.1 Å². The molecule has 2 heterocycles. The van der Waals surface area contributed by atoms with E-state index in [-0.39, 0.29) is 5.91 Å². The number of aromatic nitrogens is 4. The second-order valence-corrected chi connectivity index (χ2v) is 7.65. The van der Waals surface area contributed by atoms with E-state index in [1.807, 2.05) is 17.0 Å². The highest BCUT2D eigenvalue weighted by Gasteiger charge is 2.17. The van der Waals surface area contributed by atoms with Gasteiger partial charge in [0.05, 0.1) is 11.4 Å². The van der Waals surface area contributed by atoms with E-state index >= 15 is 0 Å². The summed E-state index contributed by atoms with van der Waals surface area (Å²) < 4.78 is 1.70. The summed E-state index contributed by atoms with van der Waals surface area (Å²) in [7, 11) is 0. The Bertz CT molecular complexity index is 690. The van der Waals surface area contributed by atoms with Crippen LogP contribution >= 0.6 is 11.8 Å². The third-order valence-corrected chi connectivity index (χ3v) is 5.43. The molecule has 0 radical (unpaired) electrons. The first-order chi connectivity index (χ1) is 12.1. The number of hydrogen-bond donors (Lipinski definition) is 0. The molecule has 0 saturated carbocycles. The fourth-order valence-corrected chi connectivity index (χ4v) is 3.76. The quantitative estimate of drug-likeness (QED) is 0.767. The molecule has 1 fully saturated rings. The number of benzene rings is 1. The van der Waals surface area contributed by atoms with Crippen molar-refractivity contribution in [3.8, 4) is 5.69 Å². The van der Waals surface area contributed by atoms with Crippen LogP contribution in [0.3, 0.4) is 0 Å². The van der Waals surface area contributed by atoms with Crippen molar-refractivity contribution in [2.24, 2.45) is 0 Å². The average molecular weight is 359 g/mol. The molecule has 0 atom stereocenters. The Morgan fingerprint density at radius 2 is 1.80 bits per heavy atom. The van der Waals surface area contributed by atoms with Gasteiger partial charge >= 0.3 is 0 Å². The lowest BCUT2D eigenvalue weighted by Gasteiger charge is -2.19. The number of nitrogens with zero attached hydrogens (tertiary/aromatic N) is 5. The first kappa shape index (κ1) is 17.9. The van der Waals surface area contributed by atoms with E-state index in [2.05, 4.69) is 41.5 Å². The summed E-state index contributed by atoms with van der Waals surface area (Å²) in [4.78, 5) is 14.4. The fourth-order valence-electron chi connectivity index (χ4n) is 2.97. The smallest absolute Gasteiger partial charge is 0.233 e. The summed E-state index contributed by atoms with van der Waals surface area (Å²) in [6.07, 6.45) is 4.66. The molecule has 0 spiro atoms. The molecule has 0 N–H and O–H groups in total. The van der Waals surface area contributed by atoms with Crippen LogP contribution in [0.1, 0.15) is 51.0 Å². The second kappa shape index (κ2) is 8.47. The second-order valence-electron chi connectivity index (χ2n) is 6.70. The van der Waals surface area contributed by atoms with E-state index < -0.39 is 0 Å². The molecule has 1 aliphatic heterocycles. The van der Waals surface area contributed by atoms with Gasteiger partial charge in [-0.15, -0.1) is 5.10 Å². The van der Waals surface area contributed by atoms with Gasteiger partial charge < -0.3 is 4.90 Å². The molecule has 0 unspecified atom stereocenters. The first-order valence-electron chi connectivity index (χ1n) is 8.94. The number of carbonyl (C=O) groups excluding carboxylic acids is 1. The Kier molecular flexibility index (Phi) is 6.07. The molecule has 1 aromatic heterocycles. The predicted octanol–water partition coefficient (Wildman–Crippen LogP) is 3.28. The standard InChI is InChI=1S/C18H25N5OS/c1-14(2)15-7-9-16(10-8-15)23-18(19-20-21-23)25-13-17(24)22-11-5-3-4-6-12-22/h7-10,14H,3-6,11-13H2,1-2H3. The average Bonchev–Trinajstić information content (AvgIpc) is 2.92. The molecule has 6 nitrogen and oxygen atoms in total. The third kappa shape index (κ3) is 4.60. The Hall–Kier alpha value is -1.89. The van der Waals surface area contributed by atoms with Gasteiger partial charge in [-0.05, 0) is 46.9 Å². The van der Waals surface area contributed by atoms with Gasteiger partial charge in [0.25, 0.3) is 0 Å². The maximum atomic E-state index is 12.4. The Balaban J connectivity index is 1.64. The number of carbonyl (C=O) groups is 1. The number of rotatable bonds is 5. The molecule has 1 amide bonds. The zero-order valence-corrected chi connectivity index (χ0v) is 15.7. The van der Waals surface area contributed by atoms with E-state index in [0.717, 1.165) is 31.6 Å². The minimum Gasteiger partial charge on any atom is -0.342 e. The van der Waals surface area contributed by atoms with Crippen molar-refractivity contribution >= 4 is 17.7 Å². The SMILES string of the molecule is CC(C)c1ccc(-n2nnnc2SCC(=O)N2CCCCCC2)cc1. The van der Waals surface area contributed by atoms with Crippen LogP contribution in [-0.2, 0) is 4.79 Å². The van der Waals surface area contributed by atoms with Crippen LogP contribution in [0.25, 0.3) is 5.69 Å². The van der Waals surface area contributed by atoms with Gasteiger partial charge in [0.2, 0.25) is 11.1 Å². The maximum absolute atomic E-state index is 12.4. The van der Waals surface area contributed by atoms with Crippen molar-refractivity contribution in [1.82, 2.24) is 25.1 Å². The van der Waals surface area contributed by atoms with Crippen molar-refractivity contribution in [3.63, 3.8) is 0 Å². The largest absolute Gasteiger partial charge is 0.342 e. The molecule has 1 aliphatic rings. The molecule has 25 heavy (non-hydrogen) atoms. The van der Waals surface area contributed by atoms with Crippen molar-refractivity contribution in [1.29, 1.82) is 0 Å². The summed E-state index contributed by atoms with van der Waals surface area (Å²) in [5.41, 5.74) is 2.20. The number of tetrazole rings is 1. The van der Waals surface area contributed by atoms with Crippen LogP contribution in [0.15, 0.2) is 29.4 Å². The molecule has 1 saturated heterocycles. The molecule has 7 heteroatoms. The summed E-state index contributed by atoms with van der Waals surface area (Å²) in [6.45, 7) is 6.09. The topological polar surface area (TPSA) is 63.9 Å². The summed E-state index contributed by atoms with van der Waals surface area (Å²) in [6, 6.07) is 8.23. The number of thioether (sulfide) groups is 1. The fraction of sp³-hybridized carbons (Fsp3) is 0.556. The van der Waals surface area contributed by atoms with E-state index in [0.29, 0.717) is 16.8 Å². The normalized spacial score (nSPS) is 15.4. The lowest BCUT2D eigenvalue weighted by atomic mass is 10.0. The minimum atomic E-state index is 0.177. The van der Waals surface area contributed by atoms with E-state index in [9.17, 15) is 4.79 Å². The van der Waals surface area contributed by atoms with Crippen LogP contribution < -0.4 is 0 Å². The Morgan fingerprint density at radius 1 is 1.12 bits per heavy atom. The summed E-state index contributed by atoms with van der Waals surface area (Å²) >= 11 is 1.40. The number of amides is 1. The van der Waals surface area contributed by atoms with Crippen LogP contribution in [0, 0.1) is 0 Å². The molecule has 134 valence electrons. The number of hydrogen-bond acceptors (Lipinski definition) is 5. The summed E-state index contributed by atoms with van der Waals surface area (Å²) in [5.74, 6) is 1.05. The maximum Gasteiger partial charge on any atom is 0.233 e. The van der Waals surface area contributed by atoms with Gasteiger partial charge in [0.15, 0.2) is 0 Å². The van der Waals surface area contributed by atoms with E-state index in [1.165, 1.54) is 30.2 Å².